The Bertz CT molecular complexity index is 739. The third kappa shape index (κ3) is 4.85. The summed E-state index contributed by atoms with van der Waals surface area (Å²) in [6.45, 7) is 0.225. The van der Waals surface area contributed by atoms with Gasteiger partial charge in [-0.3, -0.25) is 4.79 Å². The van der Waals surface area contributed by atoms with Gasteiger partial charge in [-0.15, -0.1) is 0 Å². The number of nitrogens with zero attached hydrogens (tertiary/aromatic N) is 1. The monoisotopic (exact) mass is 394 g/mol. The molecule has 0 saturated carbocycles. The van der Waals surface area contributed by atoms with Crippen LogP contribution in [0.3, 0.4) is 0 Å². The fraction of sp³-hybridized carbons (Fsp3) is 0.500. The summed E-state index contributed by atoms with van der Waals surface area (Å²) in [5.41, 5.74) is 1.75. The number of benzene rings is 1. The summed E-state index contributed by atoms with van der Waals surface area (Å²) in [5.74, 6) is 1.33. The molecule has 0 radical (unpaired) electrons. The molecule has 1 N–H and O–H groups in total. The van der Waals surface area contributed by atoms with Crippen LogP contribution in [0.5, 0.6) is 11.5 Å². The predicted octanol–water partition coefficient (Wildman–Crippen LogP) is 1.51. The second-order valence-electron chi connectivity index (χ2n) is 6.19. The lowest BCUT2D eigenvalue weighted by molar-refractivity contribution is -0.146. The van der Waals surface area contributed by atoms with Crippen LogP contribution in [0.15, 0.2) is 23.4 Å². The Morgan fingerprint density at radius 3 is 2.96 bits per heavy atom. The van der Waals surface area contributed by atoms with Gasteiger partial charge in [0.1, 0.15) is 6.04 Å². The van der Waals surface area contributed by atoms with Gasteiger partial charge in [0.2, 0.25) is 12.9 Å². The van der Waals surface area contributed by atoms with Gasteiger partial charge in [-0.25, -0.2) is 4.79 Å². The third-order valence-corrected chi connectivity index (χ3v) is 4.92. The summed E-state index contributed by atoms with van der Waals surface area (Å²) in [5, 5.41) is 6.73. The van der Waals surface area contributed by atoms with Crippen LogP contribution in [0.2, 0.25) is 0 Å². The second kappa shape index (κ2) is 8.98. The number of hydrogen-bond acceptors (Lipinski definition) is 8. The Morgan fingerprint density at radius 1 is 1.37 bits per heavy atom. The fourth-order valence-electron chi connectivity index (χ4n) is 2.85. The zero-order chi connectivity index (χ0) is 19.2. The highest BCUT2D eigenvalue weighted by Gasteiger charge is 2.31. The molecule has 0 aliphatic carbocycles. The first-order valence-electron chi connectivity index (χ1n) is 8.58. The number of ether oxygens (including phenoxy) is 3. The number of methoxy groups -OCH3 is 1. The summed E-state index contributed by atoms with van der Waals surface area (Å²) in [6, 6.07) is 4.99. The number of carbonyl (C=O) groups excluding carboxylic acids is 2. The Hall–Kier alpha value is -2.42. The number of nitrogens with one attached hydrogen (secondary N) is 1. The second-order valence-corrected chi connectivity index (χ2v) is 7.17. The van der Waals surface area contributed by atoms with Gasteiger partial charge >= 0.3 is 5.97 Å². The van der Waals surface area contributed by atoms with E-state index in [2.05, 4.69) is 10.5 Å². The smallest absolute Gasteiger partial charge is 0.328 e. The molecule has 8 nitrogen and oxygen atoms in total. The van der Waals surface area contributed by atoms with E-state index in [1.807, 2.05) is 24.5 Å². The van der Waals surface area contributed by atoms with Crippen molar-refractivity contribution in [3.05, 3.63) is 23.8 Å². The van der Waals surface area contributed by atoms with E-state index in [0.29, 0.717) is 25.0 Å². The first-order chi connectivity index (χ1) is 13.1. The third-order valence-electron chi connectivity index (χ3n) is 4.28. The van der Waals surface area contributed by atoms with E-state index in [4.69, 9.17) is 19.0 Å². The van der Waals surface area contributed by atoms with Crippen LogP contribution in [-0.4, -0.2) is 55.6 Å². The summed E-state index contributed by atoms with van der Waals surface area (Å²) >= 11 is 1.60. The van der Waals surface area contributed by atoms with Gasteiger partial charge in [-0.1, -0.05) is 11.2 Å². The van der Waals surface area contributed by atoms with Gasteiger partial charge < -0.3 is 24.4 Å². The molecule has 146 valence electrons. The number of hydrogen-bond donors (Lipinski definition) is 1. The Morgan fingerprint density at radius 2 is 2.19 bits per heavy atom. The first kappa shape index (κ1) is 19.3. The van der Waals surface area contributed by atoms with Gasteiger partial charge in [0.05, 0.1) is 12.8 Å². The van der Waals surface area contributed by atoms with E-state index in [-0.39, 0.29) is 12.7 Å². The van der Waals surface area contributed by atoms with Crippen molar-refractivity contribution in [2.45, 2.75) is 31.4 Å². The van der Waals surface area contributed by atoms with E-state index in [9.17, 15) is 9.59 Å². The largest absolute Gasteiger partial charge is 0.467 e. The molecule has 2 atom stereocenters. The highest BCUT2D eigenvalue weighted by molar-refractivity contribution is 7.98. The molecule has 0 spiro atoms. The van der Waals surface area contributed by atoms with E-state index in [1.54, 1.807) is 11.8 Å². The van der Waals surface area contributed by atoms with Crippen LogP contribution in [0.25, 0.3) is 0 Å². The van der Waals surface area contributed by atoms with Crippen molar-refractivity contribution in [2.75, 3.05) is 25.9 Å². The van der Waals surface area contributed by atoms with Crippen LogP contribution in [-0.2, 0) is 25.6 Å². The zero-order valence-electron chi connectivity index (χ0n) is 15.2. The Kier molecular flexibility index (Phi) is 6.44. The maximum atomic E-state index is 12.4. The maximum Gasteiger partial charge on any atom is 0.328 e. The van der Waals surface area contributed by atoms with E-state index >= 15 is 0 Å². The van der Waals surface area contributed by atoms with Crippen molar-refractivity contribution in [1.29, 1.82) is 0 Å². The van der Waals surface area contributed by atoms with Crippen molar-refractivity contribution in [3.63, 3.8) is 0 Å². The molecule has 2 unspecified atom stereocenters. The highest BCUT2D eigenvalue weighted by Crippen LogP contribution is 2.33. The van der Waals surface area contributed by atoms with Crippen LogP contribution in [0, 0.1) is 0 Å². The van der Waals surface area contributed by atoms with Gasteiger partial charge in [0.25, 0.3) is 5.91 Å². The first-order valence-corrected chi connectivity index (χ1v) is 9.97. The molecule has 1 aromatic rings. The number of amides is 1. The van der Waals surface area contributed by atoms with Crippen LogP contribution >= 0.6 is 11.8 Å². The molecular weight excluding hydrogens is 372 g/mol. The van der Waals surface area contributed by atoms with Crippen LogP contribution in [0.1, 0.15) is 18.4 Å². The molecule has 0 bridgehead atoms. The van der Waals surface area contributed by atoms with Gasteiger partial charge in [-0.2, -0.15) is 11.8 Å². The molecular formula is C18H22N2O6S. The lowest BCUT2D eigenvalue weighted by Gasteiger charge is -2.17. The minimum absolute atomic E-state index is 0.225. The van der Waals surface area contributed by atoms with Crippen molar-refractivity contribution >= 4 is 29.4 Å². The van der Waals surface area contributed by atoms with Crippen molar-refractivity contribution in [1.82, 2.24) is 5.32 Å². The summed E-state index contributed by atoms with van der Waals surface area (Å²) < 4.78 is 15.4. The van der Waals surface area contributed by atoms with Crippen molar-refractivity contribution < 1.29 is 28.6 Å². The molecule has 2 aliphatic heterocycles. The lowest BCUT2D eigenvalue weighted by Crippen LogP contribution is -2.46. The average molecular weight is 394 g/mol. The number of esters is 1. The van der Waals surface area contributed by atoms with Gasteiger partial charge in [0.15, 0.2) is 11.5 Å². The fourth-order valence-corrected chi connectivity index (χ4v) is 3.32. The summed E-state index contributed by atoms with van der Waals surface area (Å²) in [7, 11) is 1.30. The van der Waals surface area contributed by atoms with Crippen molar-refractivity contribution in [3.8, 4) is 11.5 Å². The molecule has 27 heavy (non-hydrogen) atoms. The molecule has 0 fully saturated rings. The number of thioether (sulfide) groups is 1. The lowest BCUT2D eigenvalue weighted by atomic mass is 10.0. The normalized spacial score (nSPS) is 18.4. The number of rotatable bonds is 8. The van der Waals surface area contributed by atoms with E-state index in [1.165, 1.54) is 7.11 Å². The number of oxime groups is 1. The van der Waals surface area contributed by atoms with Crippen LogP contribution in [0.4, 0.5) is 0 Å². The van der Waals surface area contributed by atoms with Crippen molar-refractivity contribution in [2.24, 2.45) is 5.16 Å². The molecule has 0 saturated heterocycles. The summed E-state index contributed by atoms with van der Waals surface area (Å²) in [4.78, 5) is 29.5. The molecule has 9 heteroatoms. The molecule has 1 aromatic carbocycles. The zero-order valence-corrected chi connectivity index (χ0v) is 16.0. The number of fused-ring (bicyclic) bond motifs is 1. The summed E-state index contributed by atoms with van der Waals surface area (Å²) in [6.07, 6.45) is 2.61. The molecule has 0 aromatic heterocycles. The topological polar surface area (TPSA) is 95.5 Å². The SMILES string of the molecule is COC(=O)C(CCSC)NC(=O)C1CC(Cc2ccc3c(c2)OCO3)=NO1. The predicted molar refractivity (Wildman–Crippen MR) is 100 cm³/mol. The van der Waals surface area contributed by atoms with E-state index < -0.39 is 18.1 Å². The molecule has 2 heterocycles. The quantitative estimate of drug-likeness (QED) is 0.668. The Labute approximate surface area is 161 Å². The molecule has 1 amide bonds. The Balaban J connectivity index is 1.53. The van der Waals surface area contributed by atoms with Gasteiger partial charge in [0, 0.05) is 12.8 Å². The molecule has 3 rings (SSSR count). The minimum Gasteiger partial charge on any atom is -0.467 e. The van der Waals surface area contributed by atoms with E-state index in [0.717, 1.165) is 22.8 Å². The van der Waals surface area contributed by atoms with Gasteiger partial charge in [-0.05, 0) is 36.1 Å². The maximum absolute atomic E-state index is 12.4. The average Bonchev–Trinajstić information content (AvgIpc) is 3.33. The highest BCUT2D eigenvalue weighted by atomic mass is 32.2. The standard InChI is InChI=1S/C18H22N2O6S/c1-23-18(22)13(5-6-27-2)19-17(21)16-9-12(20-26-16)7-11-3-4-14-15(8-11)25-10-24-14/h3-4,8,13,16H,5-7,9-10H2,1-2H3,(H,19,21). The van der Waals surface area contributed by atoms with Crippen LogP contribution < -0.4 is 14.8 Å². The number of carbonyl (C=O) groups is 2. The molecule has 2 aliphatic rings. The minimum atomic E-state index is -0.740.